The summed E-state index contributed by atoms with van der Waals surface area (Å²) in [5.74, 6) is -0.922. The summed E-state index contributed by atoms with van der Waals surface area (Å²) in [6.45, 7) is 2.87. The predicted molar refractivity (Wildman–Crippen MR) is 66.9 cm³/mol. The molecule has 1 amide bonds. The van der Waals surface area contributed by atoms with Gasteiger partial charge in [-0.15, -0.1) is 0 Å². The number of amides is 1. The number of carbonyl (C=O) groups excluding carboxylic acids is 1. The molecule has 0 aliphatic carbocycles. The van der Waals surface area contributed by atoms with Crippen molar-refractivity contribution in [3.63, 3.8) is 0 Å². The average Bonchev–Trinajstić information content (AvgIpc) is 2.22. The normalized spacial score (nSPS) is 17.0. The van der Waals surface area contributed by atoms with Gasteiger partial charge in [0.25, 0.3) is 0 Å². The predicted octanol–water partition coefficient (Wildman–Crippen LogP) is 0.752. The van der Waals surface area contributed by atoms with Gasteiger partial charge in [0.2, 0.25) is 5.91 Å². The van der Waals surface area contributed by atoms with Crippen molar-refractivity contribution in [1.82, 2.24) is 5.06 Å². The van der Waals surface area contributed by atoms with E-state index >= 15 is 0 Å². The number of carbonyl (C=O) groups is 1. The van der Waals surface area contributed by atoms with Crippen LogP contribution in [0.2, 0.25) is 0 Å². The molecule has 0 heterocycles. The Balaban J connectivity index is 4.59. The van der Waals surface area contributed by atoms with E-state index in [1.807, 2.05) is 0 Å². The molecule has 8 nitrogen and oxygen atoms in total. The number of hydrogen-bond acceptors (Lipinski definition) is 5. The highest BCUT2D eigenvalue weighted by atomic mass is 32.1. The molecule has 0 fully saturated rings. The molecule has 0 aromatic heterocycles. The Kier molecular flexibility index (Phi) is 6.71. The molecule has 4 N–H and O–H groups in total. The van der Waals surface area contributed by atoms with Crippen LogP contribution in [0.15, 0.2) is 0 Å². The summed E-state index contributed by atoms with van der Waals surface area (Å²) in [5.41, 5.74) is 5.31. The van der Waals surface area contributed by atoms with Gasteiger partial charge >= 0.3 is 14.3 Å². The molecule has 10 heteroatoms. The van der Waals surface area contributed by atoms with Gasteiger partial charge in [-0.25, -0.2) is 9.63 Å². The first-order valence-electron chi connectivity index (χ1n) is 5.33. The molecule has 0 spiro atoms. The molecule has 0 aromatic carbocycles. The number of nitrogens with two attached hydrogens (primary N) is 1. The fourth-order valence-electron chi connectivity index (χ4n) is 1.17. The van der Waals surface area contributed by atoms with E-state index in [0.717, 1.165) is 6.66 Å². The SMILES string of the molecule is CC(CCCN)C(=O)N(C)OP(C)(=O)P(=O)(O)O. The van der Waals surface area contributed by atoms with Gasteiger partial charge in [0.05, 0.1) is 0 Å². The fourth-order valence-corrected chi connectivity index (χ4v) is 2.42. The minimum Gasteiger partial charge on any atom is -0.330 e. The minimum absolute atomic E-state index is 0.421. The van der Waals surface area contributed by atoms with Crippen molar-refractivity contribution < 1.29 is 28.3 Å². The third-order valence-electron chi connectivity index (χ3n) is 2.32. The maximum Gasteiger partial charge on any atom is 0.409 e. The first-order valence-corrected chi connectivity index (χ1v) is 9.72. The van der Waals surface area contributed by atoms with Gasteiger partial charge in [0.15, 0.2) is 0 Å². The number of hydrogen-bond donors (Lipinski definition) is 3. The van der Waals surface area contributed by atoms with Crippen LogP contribution in [-0.4, -0.2) is 41.0 Å². The zero-order valence-electron chi connectivity index (χ0n) is 10.6. The summed E-state index contributed by atoms with van der Waals surface area (Å²) in [7, 11) is -7.93. The monoisotopic (exact) mass is 302 g/mol. The van der Waals surface area contributed by atoms with Crippen LogP contribution in [0.4, 0.5) is 0 Å². The van der Waals surface area contributed by atoms with Crippen molar-refractivity contribution in [3.05, 3.63) is 0 Å². The summed E-state index contributed by atoms with van der Waals surface area (Å²) in [4.78, 5) is 29.4. The molecule has 0 aliphatic heterocycles. The van der Waals surface area contributed by atoms with E-state index < -0.39 is 26.2 Å². The second kappa shape index (κ2) is 6.80. The van der Waals surface area contributed by atoms with Crippen LogP contribution < -0.4 is 5.73 Å². The van der Waals surface area contributed by atoms with Crippen molar-refractivity contribution in [2.45, 2.75) is 19.8 Å². The van der Waals surface area contributed by atoms with Gasteiger partial charge in [-0.05, 0) is 19.4 Å². The van der Waals surface area contributed by atoms with E-state index in [-0.39, 0.29) is 0 Å². The molecule has 0 bridgehead atoms. The summed E-state index contributed by atoms with van der Waals surface area (Å²) in [6.07, 6.45) is 1.16. The van der Waals surface area contributed by atoms with Crippen LogP contribution in [0.5, 0.6) is 0 Å². The van der Waals surface area contributed by atoms with Gasteiger partial charge in [-0.1, -0.05) is 6.92 Å². The smallest absolute Gasteiger partial charge is 0.330 e. The fraction of sp³-hybridized carbons (Fsp3) is 0.875. The lowest BCUT2D eigenvalue weighted by Crippen LogP contribution is -2.31. The van der Waals surface area contributed by atoms with Gasteiger partial charge in [0, 0.05) is 19.6 Å². The molecule has 0 aromatic rings. The van der Waals surface area contributed by atoms with E-state index in [4.69, 9.17) is 15.5 Å². The van der Waals surface area contributed by atoms with Crippen LogP contribution >= 0.6 is 14.3 Å². The lowest BCUT2D eigenvalue weighted by molar-refractivity contribution is -0.156. The number of rotatable bonds is 7. The molecular formula is C8H20N2O6P2. The zero-order chi connectivity index (χ0) is 14.6. The number of hydroxylamine groups is 2. The van der Waals surface area contributed by atoms with Gasteiger partial charge < -0.3 is 15.5 Å². The Bertz CT molecular complexity index is 382. The van der Waals surface area contributed by atoms with Crippen LogP contribution in [0.1, 0.15) is 19.8 Å². The minimum atomic E-state index is -4.89. The van der Waals surface area contributed by atoms with Gasteiger partial charge in [-0.2, -0.15) is 4.62 Å². The van der Waals surface area contributed by atoms with Crippen molar-refractivity contribution >= 4 is 20.2 Å². The summed E-state index contributed by atoms with van der Waals surface area (Å²) in [6, 6.07) is 0. The Morgan fingerprint density at radius 3 is 2.33 bits per heavy atom. The molecule has 2 unspecified atom stereocenters. The molecule has 108 valence electrons. The third-order valence-corrected chi connectivity index (χ3v) is 6.87. The topological polar surface area (TPSA) is 130 Å². The first-order chi connectivity index (χ1) is 8.03. The standard InChI is InChI=1S/C8H20N2O6P2/c1-7(5-4-6-9)8(11)10(2)16-17(3,12)18(13,14)15/h7H,4-6,9H2,1-3H3,(H2,13,14,15). The van der Waals surface area contributed by atoms with Crippen LogP contribution in [-0.2, 0) is 18.5 Å². The Labute approximate surface area is 106 Å². The van der Waals surface area contributed by atoms with Crippen LogP contribution in [0.3, 0.4) is 0 Å². The van der Waals surface area contributed by atoms with Gasteiger partial charge in [0.1, 0.15) is 0 Å². The van der Waals surface area contributed by atoms with E-state index in [9.17, 15) is 13.9 Å². The Morgan fingerprint density at radius 2 is 1.94 bits per heavy atom. The molecule has 0 saturated heterocycles. The van der Waals surface area contributed by atoms with Crippen LogP contribution in [0, 0.1) is 5.92 Å². The molecule has 0 aliphatic rings. The number of nitrogens with zero attached hydrogens (tertiary/aromatic N) is 1. The van der Waals surface area contributed by atoms with Crippen molar-refractivity contribution in [2.75, 3.05) is 20.3 Å². The molecule has 2 atom stereocenters. The third kappa shape index (κ3) is 5.18. The lowest BCUT2D eigenvalue weighted by Gasteiger charge is -2.24. The van der Waals surface area contributed by atoms with E-state index in [1.54, 1.807) is 6.92 Å². The summed E-state index contributed by atoms with van der Waals surface area (Å²) >= 11 is 0. The van der Waals surface area contributed by atoms with Crippen LogP contribution in [0.25, 0.3) is 0 Å². The van der Waals surface area contributed by atoms with E-state index in [1.165, 1.54) is 7.05 Å². The molecule has 0 saturated carbocycles. The molecule has 0 rings (SSSR count). The highest BCUT2D eigenvalue weighted by molar-refractivity contribution is 8.28. The summed E-state index contributed by atoms with van der Waals surface area (Å²) < 4.78 is 27.1. The largest absolute Gasteiger partial charge is 0.409 e. The lowest BCUT2D eigenvalue weighted by atomic mass is 10.1. The van der Waals surface area contributed by atoms with E-state index in [2.05, 4.69) is 4.62 Å². The zero-order valence-corrected chi connectivity index (χ0v) is 12.4. The Hall–Kier alpha value is -0.230. The first kappa shape index (κ1) is 17.8. The second-order valence-corrected chi connectivity index (χ2v) is 10.6. The maximum atomic E-state index is 11.7. The highest BCUT2D eigenvalue weighted by Gasteiger charge is 2.41. The van der Waals surface area contributed by atoms with Crippen molar-refractivity contribution in [2.24, 2.45) is 11.7 Å². The average molecular weight is 302 g/mol. The Morgan fingerprint density at radius 1 is 1.44 bits per heavy atom. The van der Waals surface area contributed by atoms with Crippen molar-refractivity contribution in [1.29, 1.82) is 0 Å². The quantitative estimate of drug-likeness (QED) is 0.467. The van der Waals surface area contributed by atoms with Gasteiger partial charge in [-0.3, -0.25) is 9.36 Å². The van der Waals surface area contributed by atoms with E-state index in [0.29, 0.717) is 24.4 Å². The molecular weight excluding hydrogens is 282 g/mol. The molecule has 0 radical (unpaired) electrons. The molecule has 18 heavy (non-hydrogen) atoms. The highest BCUT2D eigenvalue weighted by Crippen LogP contribution is 2.75. The summed E-state index contributed by atoms with van der Waals surface area (Å²) in [5, 5.41) is 0.626. The maximum absolute atomic E-state index is 11.7. The van der Waals surface area contributed by atoms with Crippen molar-refractivity contribution in [3.8, 4) is 0 Å². The second-order valence-electron chi connectivity index (χ2n) is 4.07.